The number of nitrogens with one attached hydrogen (secondary N) is 1. The van der Waals surface area contributed by atoms with Crippen LogP contribution >= 0.6 is 0 Å². The molecule has 0 bridgehead atoms. The van der Waals surface area contributed by atoms with E-state index in [-0.39, 0.29) is 17.7 Å². The number of likely N-dealkylation sites (tertiary alicyclic amines) is 1. The van der Waals surface area contributed by atoms with Gasteiger partial charge in [-0.1, -0.05) is 34.6 Å². The van der Waals surface area contributed by atoms with Crippen molar-refractivity contribution in [3.05, 3.63) is 0 Å². The highest BCUT2D eigenvalue weighted by molar-refractivity contribution is 5.83. The maximum Gasteiger partial charge on any atom is 0.227 e. The van der Waals surface area contributed by atoms with Gasteiger partial charge in [0.05, 0.1) is 12.0 Å². The number of rotatable bonds is 5. The number of piperidine rings is 1. The summed E-state index contributed by atoms with van der Waals surface area (Å²) >= 11 is 0. The fraction of sp³-hybridized carbons (Fsp3) is 0.882. The zero-order chi connectivity index (χ0) is 16.9. The molecule has 2 N–H and O–H groups in total. The van der Waals surface area contributed by atoms with Crippen molar-refractivity contribution in [1.29, 1.82) is 0 Å². The summed E-state index contributed by atoms with van der Waals surface area (Å²) in [5, 5.41) is 12.7. The number of carbonyl (C=O) groups is 2. The highest BCUT2D eigenvalue weighted by Crippen LogP contribution is 2.23. The van der Waals surface area contributed by atoms with Crippen molar-refractivity contribution in [2.45, 2.75) is 60.0 Å². The molecule has 1 fully saturated rings. The molecule has 1 heterocycles. The second kappa shape index (κ2) is 7.95. The summed E-state index contributed by atoms with van der Waals surface area (Å²) in [7, 11) is 0. The van der Waals surface area contributed by atoms with Gasteiger partial charge in [-0.05, 0) is 25.2 Å². The molecule has 2 amide bonds. The predicted octanol–water partition coefficient (Wildman–Crippen LogP) is 1.79. The third kappa shape index (κ3) is 5.95. The van der Waals surface area contributed by atoms with E-state index in [4.69, 9.17) is 0 Å². The highest BCUT2D eigenvalue weighted by Gasteiger charge is 2.33. The first kappa shape index (κ1) is 18.9. The molecule has 1 rings (SSSR count). The van der Waals surface area contributed by atoms with Gasteiger partial charge >= 0.3 is 0 Å². The maximum absolute atomic E-state index is 12.3. The summed E-state index contributed by atoms with van der Waals surface area (Å²) in [6, 6.07) is 0. The van der Waals surface area contributed by atoms with E-state index in [1.165, 1.54) is 0 Å². The van der Waals surface area contributed by atoms with Crippen LogP contribution in [0.15, 0.2) is 0 Å². The van der Waals surface area contributed by atoms with Gasteiger partial charge in [0.15, 0.2) is 0 Å². The Bertz CT molecular complexity index is 388. The minimum atomic E-state index is -0.500. The fourth-order valence-electron chi connectivity index (χ4n) is 2.84. The molecule has 1 aliphatic rings. The Labute approximate surface area is 134 Å². The van der Waals surface area contributed by atoms with Gasteiger partial charge in [0, 0.05) is 25.0 Å². The molecule has 22 heavy (non-hydrogen) atoms. The van der Waals surface area contributed by atoms with Crippen molar-refractivity contribution in [3.63, 3.8) is 0 Å². The Hall–Kier alpha value is -1.10. The van der Waals surface area contributed by atoms with Gasteiger partial charge in [0.25, 0.3) is 0 Å². The summed E-state index contributed by atoms with van der Waals surface area (Å²) in [6.07, 6.45) is 1.84. The third-order valence-electron chi connectivity index (χ3n) is 3.98. The number of hydrogen-bond donors (Lipinski definition) is 2. The summed E-state index contributed by atoms with van der Waals surface area (Å²) in [5.74, 6) is 0.298. The third-order valence-corrected chi connectivity index (χ3v) is 3.98. The normalized spacial score (nSPS) is 20.9. The number of carbonyl (C=O) groups excluding carboxylic acids is 2. The van der Waals surface area contributed by atoms with Gasteiger partial charge in [-0.3, -0.25) is 9.59 Å². The van der Waals surface area contributed by atoms with Crippen LogP contribution in [0.2, 0.25) is 0 Å². The van der Waals surface area contributed by atoms with Gasteiger partial charge in [0.1, 0.15) is 0 Å². The van der Waals surface area contributed by atoms with Crippen molar-refractivity contribution in [3.8, 4) is 0 Å². The molecule has 0 saturated carbocycles. The van der Waals surface area contributed by atoms with E-state index >= 15 is 0 Å². The van der Waals surface area contributed by atoms with Crippen LogP contribution < -0.4 is 5.32 Å². The number of amides is 2. The Morgan fingerprint density at radius 3 is 2.50 bits per heavy atom. The zero-order valence-corrected chi connectivity index (χ0v) is 14.7. The molecule has 2 atom stereocenters. The average molecular weight is 312 g/mol. The second-order valence-electron chi connectivity index (χ2n) is 7.87. The topological polar surface area (TPSA) is 69.6 Å². The van der Waals surface area contributed by atoms with Crippen molar-refractivity contribution < 1.29 is 14.7 Å². The maximum atomic E-state index is 12.3. The molecule has 5 heteroatoms. The minimum Gasteiger partial charge on any atom is -0.391 e. The number of nitrogens with zero attached hydrogens (tertiary/aromatic N) is 1. The highest BCUT2D eigenvalue weighted by atomic mass is 16.3. The van der Waals surface area contributed by atoms with Crippen LogP contribution in [0, 0.1) is 17.3 Å². The lowest BCUT2D eigenvalue weighted by molar-refractivity contribution is -0.142. The lowest BCUT2D eigenvalue weighted by atomic mass is 9.91. The number of hydrogen-bond acceptors (Lipinski definition) is 3. The fourth-order valence-corrected chi connectivity index (χ4v) is 2.84. The average Bonchev–Trinajstić information content (AvgIpc) is 2.42. The second-order valence-corrected chi connectivity index (χ2v) is 7.87. The summed E-state index contributed by atoms with van der Waals surface area (Å²) in [6.45, 7) is 11.3. The van der Waals surface area contributed by atoms with Gasteiger partial charge in [-0.25, -0.2) is 0 Å². The number of aliphatic hydroxyl groups is 1. The molecule has 0 aliphatic carbocycles. The molecular formula is C17H32N2O3. The van der Waals surface area contributed by atoms with Crippen molar-refractivity contribution in [1.82, 2.24) is 10.2 Å². The van der Waals surface area contributed by atoms with Crippen LogP contribution in [0.5, 0.6) is 0 Å². The van der Waals surface area contributed by atoms with Crippen LogP contribution in [0.3, 0.4) is 0 Å². The van der Waals surface area contributed by atoms with Crippen LogP contribution in [-0.4, -0.2) is 47.6 Å². The molecule has 1 aliphatic heterocycles. The quantitative estimate of drug-likeness (QED) is 0.813. The van der Waals surface area contributed by atoms with Gasteiger partial charge < -0.3 is 15.3 Å². The van der Waals surface area contributed by atoms with Crippen LogP contribution in [0.25, 0.3) is 0 Å². The van der Waals surface area contributed by atoms with Gasteiger partial charge in [-0.15, -0.1) is 0 Å². The first-order valence-electron chi connectivity index (χ1n) is 8.36. The molecular weight excluding hydrogens is 280 g/mol. The lowest BCUT2D eigenvalue weighted by Gasteiger charge is -2.36. The first-order chi connectivity index (χ1) is 10.1. The van der Waals surface area contributed by atoms with Crippen LogP contribution in [0.1, 0.15) is 53.9 Å². The Morgan fingerprint density at radius 1 is 1.32 bits per heavy atom. The molecule has 0 aromatic carbocycles. The molecule has 0 radical (unpaired) electrons. The van der Waals surface area contributed by atoms with Crippen molar-refractivity contribution in [2.75, 3.05) is 19.6 Å². The smallest absolute Gasteiger partial charge is 0.227 e. The first-order valence-corrected chi connectivity index (χ1v) is 8.36. The largest absolute Gasteiger partial charge is 0.391 e. The lowest BCUT2D eigenvalue weighted by Crippen LogP contribution is -2.49. The van der Waals surface area contributed by atoms with Crippen LogP contribution in [-0.2, 0) is 9.59 Å². The Kier molecular flexibility index (Phi) is 6.85. The van der Waals surface area contributed by atoms with E-state index in [1.807, 2.05) is 34.6 Å². The summed E-state index contributed by atoms with van der Waals surface area (Å²) < 4.78 is 0. The monoisotopic (exact) mass is 312 g/mol. The molecule has 0 aromatic rings. The molecule has 1 saturated heterocycles. The summed E-state index contributed by atoms with van der Waals surface area (Å²) in [4.78, 5) is 26.4. The molecule has 0 spiro atoms. The SMILES string of the molecule is CC(C)CC(O)CNC(=O)C1CCCN(C(=O)C(C)(C)C)C1. The molecule has 5 nitrogen and oxygen atoms in total. The van der Waals surface area contributed by atoms with Crippen molar-refractivity contribution >= 4 is 11.8 Å². The molecule has 2 unspecified atom stereocenters. The van der Waals surface area contributed by atoms with E-state index in [9.17, 15) is 14.7 Å². The number of aliphatic hydroxyl groups excluding tert-OH is 1. The van der Waals surface area contributed by atoms with E-state index in [0.717, 1.165) is 19.4 Å². The van der Waals surface area contributed by atoms with E-state index < -0.39 is 11.5 Å². The Balaban J connectivity index is 2.48. The predicted molar refractivity (Wildman–Crippen MR) is 87.2 cm³/mol. The minimum absolute atomic E-state index is 0.0470. The standard InChI is InChI=1S/C17H32N2O3/c1-12(2)9-14(20)10-18-15(21)13-7-6-8-19(11-13)16(22)17(3,4)5/h12-14,20H,6-11H2,1-5H3,(H,18,21). The zero-order valence-electron chi connectivity index (χ0n) is 14.7. The van der Waals surface area contributed by atoms with E-state index in [1.54, 1.807) is 4.90 Å². The van der Waals surface area contributed by atoms with E-state index in [0.29, 0.717) is 25.4 Å². The van der Waals surface area contributed by atoms with Crippen LogP contribution in [0.4, 0.5) is 0 Å². The van der Waals surface area contributed by atoms with Crippen molar-refractivity contribution in [2.24, 2.45) is 17.3 Å². The van der Waals surface area contributed by atoms with Gasteiger partial charge in [0.2, 0.25) is 11.8 Å². The summed E-state index contributed by atoms with van der Waals surface area (Å²) in [5.41, 5.74) is -0.411. The molecule has 128 valence electrons. The Morgan fingerprint density at radius 2 is 1.95 bits per heavy atom. The van der Waals surface area contributed by atoms with Gasteiger partial charge in [-0.2, -0.15) is 0 Å². The molecule has 0 aromatic heterocycles. The van der Waals surface area contributed by atoms with E-state index in [2.05, 4.69) is 5.32 Å².